The van der Waals surface area contributed by atoms with Crippen LogP contribution >= 0.6 is 11.6 Å². The summed E-state index contributed by atoms with van der Waals surface area (Å²) in [7, 11) is -3.88. The van der Waals surface area contributed by atoms with Gasteiger partial charge < -0.3 is 0 Å². The molecule has 0 atom stereocenters. The quantitative estimate of drug-likeness (QED) is 0.419. The van der Waals surface area contributed by atoms with E-state index in [1.54, 1.807) is 31.2 Å². The number of fused-ring (bicyclic) bond motifs is 1. The molecule has 0 unspecified atom stereocenters. The first kappa shape index (κ1) is 21.1. The predicted molar refractivity (Wildman–Crippen MR) is 119 cm³/mol. The van der Waals surface area contributed by atoms with Crippen molar-refractivity contribution >= 4 is 38.3 Å². The van der Waals surface area contributed by atoms with Gasteiger partial charge in [0.15, 0.2) is 0 Å². The molecule has 1 N–H and O–H groups in total. The van der Waals surface area contributed by atoms with Crippen molar-refractivity contribution in [2.24, 2.45) is 0 Å². The first-order valence-electron chi connectivity index (χ1n) is 9.49. The maximum Gasteiger partial charge on any atom is 0.309 e. The molecule has 0 aliphatic heterocycles. The number of anilines is 1. The van der Waals surface area contributed by atoms with Gasteiger partial charge in [-0.25, -0.2) is 23.4 Å². The molecular weight excluding hydrogens is 439 g/mol. The van der Waals surface area contributed by atoms with Gasteiger partial charge in [-0.3, -0.25) is 4.72 Å². The number of benzene rings is 2. The highest BCUT2D eigenvalue weighted by molar-refractivity contribution is 7.92. The molecule has 0 saturated carbocycles. The number of aromatic nitrogens is 3. The lowest BCUT2D eigenvalue weighted by Gasteiger charge is -2.13. The Labute approximate surface area is 184 Å². The number of pyridine rings is 1. The molecule has 0 aliphatic rings. The molecule has 158 valence electrons. The Morgan fingerprint density at radius 1 is 1.10 bits per heavy atom. The van der Waals surface area contributed by atoms with Crippen molar-refractivity contribution in [1.29, 1.82) is 0 Å². The Bertz CT molecular complexity index is 1410. The number of nitrogens with one attached hydrogen (secondary N) is 1. The highest BCUT2D eigenvalue weighted by Gasteiger charge is 2.19. The molecule has 0 bridgehead atoms. The zero-order valence-corrected chi connectivity index (χ0v) is 18.3. The maximum atomic E-state index is 13.5. The summed E-state index contributed by atoms with van der Waals surface area (Å²) in [6.07, 6.45) is 1.36. The highest BCUT2D eigenvalue weighted by atomic mass is 35.5. The fourth-order valence-corrected chi connectivity index (χ4v) is 4.92. The third kappa shape index (κ3) is 4.22. The van der Waals surface area contributed by atoms with Crippen LogP contribution in [0.5, 0.6) is 0 Å². The molecule has 0 radical (unpaired) electrons. The van der Waals surface area contributed by atoms with Gasteiger partial charge in [-0.1, -0.05) is 30.7 Å². The lowest BCUT2D eigenvalue weighted by atomic mass is 9.98. The Balaban J connectivity index is 1.71. The van der Waals surface area contributed by atoms with Gasteiger partial charge in [0.25, 0.3) is 10.0 Å². The van der Waals surface area contributed by atoms with E-state index in [1.807, 2.05) is 19.1 Å². The molecule has 9 heteroatoms. The van der Waals surface area contributed by atoms with Crippen molar-refractivity contribution in [2.45, 2.75) is 25.2 Å². The third-order valence-corrected chi connectivity index (χ3v) is 6.73. The van der Waals surface area contributed by atoms with Crippen LogP contribution in [0.1, 0.15) is 18.2 Å². The molecule has 2 aromatic heterocycles. The summed E-state index contributed by atoms with van der Waals surface area (Å²) < 4.78 is 41.3. The van der Waals surface area contributed by atoms with Gasteiger partial charge in [0.05, 0.1) is 10.5 Å². The van der Waals surface area contributed by atoms with Gasteiger partial charge in [-0.2, -0.15) is 4.39 Å². The molecule has 0 amide bonds. The minimum Gasteiger partial charge on any atom is -0.263 e. The monoisotopic (exact) mass is 456 g/mol. The first-order valence-corrected chi connectivity index (χ1v) is 11.3. The fourth-order valence-electron chi connectivity index (χ4n) is 3.40. The Kier molecular flexibility index (Phi) is 5.60. The van der Waals surface area contributed by atoms with Gasteiger partial charge in [-0.05, 0) is 60.9 Å². The van der Waals surface area contributed by atoms with Gasteiger partial charge in [0.1, 0.15) is 10.7 Å². The van der Waals surface area contributed by atoms with Crippen molar-refractivity contribution < 1.29 is 12.8 Å². The summed E-state index contributed by atoms with van der Waals surface area (Å²) in [4.78, 5) is 12.0. The van der Waals surface area contributed by atoms with E-state index in [1.165, 1.54) is 18.3 Å². The molecular formula is C22H18ClFN4O2S. The number of halogens is 2. The average Bonchev–Trinajstić information content (AvgIpc) is 2.73. The number of sulfonamides is 1. The Hall–Kier alpha value is -3.10. The van der Waals surface area contributed by atoms with Crippen LogP contribution < -0.4 is 4.72 Å². The van der Waals surface area contributed by atoms with E-state index in [-0.39, 0.29) is 15.7 Å². The van der Waals surface area contributed by atoms with Crippen LogP contribution in [0.2, 0.25) is 5.02 Å². The van der Waals surface area contributed by atoms with Crippen molar-refractivity contribution in [3.05, 3.63) is 77.1 Å². The van der Waals surface area contributed by atoms with E-state index in [9.17, 15) is 12.8 Å². The highest BCUT2D eigenvalue weighted by Crippen LogP contribution is 2.30. The minimum absolute atomic E-state index is 0.0189. The first-order chi connectivity index (χ1) is 14.8. The van der Waals surface area contributed by atoms with E-state index >= 15 is 0 Å². The molecule has 0 fully saturated rings. The third-order valence-electron chi connectivity index (χ3n) is 4.88. The van der Waals surface area contributed by atoms with Crippen LogP contribution in [-0.2, 0) is 16.4 Å². The number of rotatable bonds is 5. The van der Waals surface area contributed by atoms with Crippen molar-refractivity contribution in [1.82, 2.24) is 15.0 Å². The lowest BCUT2D eigenvalue weighted by molar-refractivity contribution is 0.544. The zero-order chi connectivity index (χ0) is 22.2. The second kappa shape index (κ2) is 8.20. The molecule has 4 rings (SSSR count). The molecule has 2 aromatic carbocycles. The van der Waals surface area contributed by atoms with E-state index in [4.69, 9.17) is 11.6 Å². The average molecular weight is 457 g/mol. The normalized spacial score (nSPS) is 11.6. The summed E-state index contributed by atoms with van der Waals surface area (Å²) in [5, 5.41) is 0.851. The molecule has 0 saturated heterocycles. The van der Waals surface area contributed by atoms with Crippen LogP contribution in [-0.4, -0.2) is 23.4 Å². The summed E-state index contributed by atoms with van der Waals surface area (Å²) in [5.41, 5.74) is 3.78. The molecule has 0 spiro atoms. The van der Waals surface area contributed by atoms with E-state index < -0.39 is 16.1 Å². The summed E-state index contributed by atoms with van der Waals surface area (Å²) in [5.74, 6) is 0.183. The van der Waals surface area contributed by atoms with E-state index in [2.05, 4.69) is 19.7 Å². The summed E-state index contributed by atoms with van der Waals surface area (Å²) in [6.45, 7) is 3.76. The summed E-state index contributed by atoms with van der Waals surface area (Å²) in [6, 6.07) is 13.4. The maximum absolute atomic E-state index is 13.5. The second-order valence-electron chi connectivity index (χ2n) is 6.93. The molecule has 2 heterocycles. The van der Waals surface area contributed by atoms with E-state index in [0.29, 0.717) is 17.6 Å². The van der Waals surface area contributed by atoms with Crippen LogP contribution in [0.4, 0.5) is 10.2 Å². The van der Waals surface area contributed by atoms with Crippen LogP contribution in [0, 0.1) is 13.0 Å². The van der Waals surface area contributed by atoms with Crippen LogP contribution in [0.25, 0.3) is 22.0 Å². The van der Waals surface area contributed by atoms with Gasteiger partial charge in [-0.15, -0.1) is 0 Å². The Morgan fingerprint density at radius 3 is 2.58 bits per heavy atom. The second-order valence-corrected chi connectivity index (χ2v) is 8.99. The molecule has 4 aromatic rings. The predicted octanol–water partition coefficient (Wildman–Crippen LogP) is 5.16. The standard InChI is InChI=1S/C22H18ClFN4O2S/c1-3-14-10-15(11-16-12-25-22(24)27-21(14)16)17-8-9-20(26-13(17)2)28-31(29,30)19-7-5-4-6-18(19)23/h4-12H,3H2,1-2H3,(H,26,28). The van der Waals surface area contributed by atoms with Gasteiger partial charge in [0.2, 0.25) is 0 Å². The van der Waals surface area contributed by atoms with Crippen LogP contribution in [0.15, 0.2) is 59.6 Å². The molecule has 0 aliphatic carbocycles. The minimum atomic E-state index is -3.88. The summed E-state index contributed by atoms with van der Waals surface area (Å²) >= 11 is 6.02. The molecule has 6 nitrogen and oxygen atoms in total. The topological polar surface area (TPSA) is 84.8 Å². The Morgan fingerprint density at radius 2 is 1.87 bits per heavy atom. The SMILES string of the molecule is CCc1cc(-c2ccc(NS(=O)(=O)c3ccccc3Cl)nc2C)cc2cnc(F)nc12. The van der Waals surface area contributed by atoms with Gasteiger partial charge >= 0.3 is 6.08 Å². The number of hydrogen-bond donors (Lipinski definition) is 1. The van der Waals surface area contributed by atoms with E-state index in [0.717, 1.165) is 22.1 Å². The smallest absolute Gasteiger partial charge is 0.263 e. The van der Waals surface area contributed by atoms with Crippen molar-refractivity contribution in [3.63, 3.8) is 0 Å². The van der Waals surface area contributed by atoms with Crippen molar-refractivity contribution in [2.75, 3.05) is 4.72 Å². The number of nitrogens with zero attached hydrogens (tertiary/aromatic N) is 3. The van der Waals surface area contributed by atoms with Crippen molar-refractivity contribution in [3.8, 4) is 11.1 Å². The van der Waals surface area contributed by atoms with Crippen LogP contribution in [0.3, 0.4) is 0 Å². The fraction of sp³-hybridized carbons (Fsp3) is 0.136. The van der Waals surface area contributed by atoms with Gasteiger partial charge in [0, 0.05) is 22.8 Å². The number of hydrogen-bond acceptors (Lipinski definition) is 5. The number of aryl methyl sites for hydroxylation is 2. The largest absolute Gasteiger partial charge is 0.309 e. The molecule has 31 heavy (non-hydrogen) atoms. The lowest BCUT2D eigenvalue weighted by Crippen LogP contribution is -2.14. The zero-order valence-electron chi connectivity index (χ0n) is 16.7.